The van der Waals surface area contributed by atoms with Gasteiger partial charge in [0.05, 0.1) is 12.9 Å². The molecule has 76 valence electrons. The number of rotatable bonds is 2. The van der Waals surface area contributed by atoms with Gasteiger partial charge in [0.25, 0.3) is 5.56 Å². The lowest BCUT2D eigenvalue weighted by molar-refractivity contribution is 0.733. The second-order valence-electron chi connectivity index (χ2n) is 3.04. The van der Waals surface area contributed by atoms with E-state index in [2.05, 4.69) is 9.97 Å². The molecule has 2 rings (SSSR count). The van der Waals surface area contributed by atoms with E-state index in [1.54, 1.807) is 12.4 Å². The number of hydrogen-bond acceptors (Lipinski definition) is 3. The molecule has 0 unspecified atom stereocenters. The third-order valence-electron chi connectivity index (χ3n) is 1.92. The summed E-state index contributed by atoms with van der Waals surface area (Å²) in [5, 5.41) is 0.211. The maximum Gasteiger partial charge on any atom is 0.255 e. The Labute approximate surface area is 91.2 Å². The van der Waals surface area contributed by atoms with Gasteiger partial charge < -0.3 is 0 Å². The fourth-order valence-corrected chi connectivity index (χ4v) is 1.35. The minimum absolute atomic E-state index is 0.168. The number of aromatic nitrogens is 3. The molecule has 0 saturated heterocycles. The Bertz CT molecular complexity index is 510. The number of hydrogen-bond donors (Lipinski definition) is 0. The first-order chi connectivity index (χ1) is 7.25. The molecule has 0 atom stereocenters. The van der Waals surface area contributed by atoms with Gasteiger partial charge in [-0.3, -0.25) is 14.3 Å². The number of nitrogens with zero attached hydrogens (tertiary/aromatic N) is 3. The van der Waals surface area contributed by atoms with Crippen molar-refractivity contribution < 1.29 is 0 Å². The molecule has 0 aromatic carbocycles. The smallest absolute Gasteiger partial charge is 0.255 e. The van der Waals surface area contributed by atoms with Crippen LogP contribution in [0, 0.1) is 0 Å². The first-order valence-electron chi connectivity index (χ1n) is 4.36. The molecule has 0 fully saturated rings. The highest BCUT2D eigenvalue weighted by atomic mass is 35.5. The van der Waals surface area contributed by atoms with Gasteiger partial charge in [-0.15, -0.1) is 0 Å². The molecule has 2 heterocycles. The first kappa shape index (κ1) is 9.86. The maximum atomic E-state index is 11.5. The third kappa shape index (κ3) is 2.41. The largest absolute Gasteiger partial charge is 0.295 e. The zero-order valence-electron chi connectivity index (χ0n) is 7.80. The highest BCUT2D eigenvalue weighted by Crippen LogP contribution is 2.00. The van der Waals surface area contributed by atoms with E-state index in [1.165, 1.54) is 17.0 Å². The summed E-state index contributed by atoms with van der Waals surface area (Å²) in [6, 6.07) is 5.01. The van der Waals surface area contributed by atoms with Crippen LogP contribution in [0.15, 0.2) is 41.7 Å². The second-order valence-corrected chi connectivity index (χ2v) is 3.43. The molecule has 0 aliphatic rings. The average Bonchev–Trinajstić information content (AvgIpc) is 2.24. The lowest BCUT2D eigenvalue weighted by Gasteiger charge is -2.03. The molecule has 5 heteroatoms. The molecule has 0 saturated carbocycles. The zero-order valence-corrected chi connectivity index (χ0v) is 8.55. The molecular weight excluding hydrogens is 214 g/mol. The minimum Gasteiger partial charge on any atom is -0.295 e. The highest BCUT2D eigenvalue weighted by Gasteiger charge is 1.99. The fraction of sp³-hybridized carbons (Fsp3) is 0.100. The van der Waals surface area contributed by atoms with Crippen LogP contribution in [0.1, 0.15) is 5.56 Å². The first-order valence-corrected chi connectivity index (χ1v) is 4.74. The van der Waals surface area contributed by atoms with E-state index in [0.29, 0.717) is 6.54 Å². The van der Waals surface area contributed by atoms with E-state index in [4.69, 9.17) is 11.6 Å². The van der Waals surface area contributed by atoms with Crippen molar-refractivity contribution in [3.05, 3.63) is 58.0 Å². The number of pyridine rings is 1. The minimum atomic E-state index is -0.168. The average molecular weight is 222 g/mol. The van der Waals surface area contributed by atoms with Gasteiger partial charge >= 0.3 is 0 Å². The molecular formula is C10H8ClN3O. The molecule has 0 amide bonds. The molecule has 0 N–H and O–H groups in total. The summed E-state index contributed by atoms with van der Waals surface area (Å²) in [6.45, 7) is 0.455. The molecule has 0 aliphatic carbocycles. The number of halogens is 1. The predicted molar refractivity (Wildman–Crippen MR) is 56.8 cm³/mol. The topological polar surface area (TPSA) is 47.8 Å². The Balaban J connectivity index is 2.29. The normalized spacial score (nSPS) is 10.2. The molecule has 0 bridgehead atoms. The van der Waals surface area contributed by atoms with Crippen LogP contribution in [-0.2, 0) is 6.54 Å². The van der Waals surface area contributed by atoms with Crippen LogP contribution in [0.4, 0.5) is 0 Å². The van der Waals surface area contributed by atoms with Crippen LogP contribution in [0.5, 0.6) is 0 Å². The van der Waals surface area contributed by atoms with Gasteiger partial charge in [-0.25, -0.2) is 4.98 Å². The maximum absolute atomic E-state index is 11.5. The van der Waals surface area contributed by atoms with Gasteiger partial charge in [0, 0.05) is 18.5 Å². The van der Waals surface area contributed by atoms with Crippen LogP contribution in [0.25, 0.3) is 0 Å². The molecule has 2 aromatic rings. The molecule has 2 aromatic heterocycles. The Kier molecular flexibility index (Phi) is 2.78. The predicted octanol–water partition coefficient (Wildman–Crippen LogP) is 1.34. The van der Waals surface area contributed by atoms with Gasteiger partial charge in [0.1, 0.15) is 5.15 Å². The quantitative estimate of drug-likeness (QED) is 0.719. The standard InChI is InChI=1S/C10H8ClN3O/c11-9-4-10(15)14(7-13-9)6-8-2-1-3-12-5-8/h1-5,7H,6H2. The van der Waals surface area contributed by atoms with Gasteiger partial charge in [-0.2, -0.15) is 0 Å². The molecule has 0 spiro atoms. The van der Waals surface area contributed by atoms with Crippen molar-refractivity contribution in [3.8, 4) is 0 Å². The summed E-state index contributed by atoms with van der Waals surface area (Å²) >= 11 is 5.58. The second kappa shape index (κ2) is 4.23. The van der Waals surface area contributed by atoms with Crippen molar-refractivity contribution >= 4 is 11.6 Å². The van der Waals surface area contributed by atoms with Crippen molar-refractivity contribution in [2.24, 2.45) is 0 Å². The monoisotopic (exact) mass is 221 g/mol. The van der Waals surface area contributed by atoms with Gasteiger partial charge in [0.15, 0.2) is 0 Å². The van der Waals surface area contributed by atoms with Crippen LogP contribution in [-0.4, -0.2) is 14.5 Å². The summed E-state index contributed by atoms with van der Waals surface area (Å²) in [4.78, 5) is 19.3. The van der Waals surface area contributed by atoms with Crippen LogP contribution >= 0.6 is 11.6 Å². The van der Waals surface area contributed by atoms with Crippen molar-refractivity contribution in [2.45, 2.75) is 6.54 Å². The van der Waals surface area contributed by atoms with E-state index in [9.17, 15) is 4.79 Å². The van der Waals surface area contributed by atoms with Crippen LogP contribution in [0.3, 0.4) is 0 Å². The summed E-state index contributed by atoms with van der Waals surface area (Å²) in [5.41, 5.74) is 0.780. The fourth-order valence-electron chi connectivity index (χ4n) is 1.21. The Morgan fingerprint density at radius 3 is 3.00 bits per heavy atom. The zero-order chi connectivity index (χ0) is 10.7. The van der Waals surface area contributed by atoms with Crippen LogP contribution < -0.4 is 5.56 Å². The van der Waals surface area contributed by atoms with Crippen molar-refractivity contribution in [1.82, 2.24) is 14.5 Å². The summed E-state index contributed by atoms with van der Waals surface area (Å²) < 4.78 is 1.48. The van der Waals surface area contributed by atoms with E-state index >= 15 is 0 Å². The van der Waals surface area contributed by atoms with E-state index in [1.807, 2.05) is 12.1 Å². The van der Waals surface area contributed by atoms with Gasteiger partial charge in [-0.1, -0.05) is 17.7 Å². The molecule has 15 heavy (non-hydrogen) atoms. The Morgan fingerprint density at radius 2 is 2.33 bits per heavy atom. The summed E-state index contributed by atoms with van der Waals surface area (Å²) in [6.07, 6.45) is 4.82. The van der Waals surface area contributed by atoms with Gasteiger partial charge in [0.2, 0.25) is 0 Å². The molecule has 0 aliphatic heterocycles. The van der Waals surface area contributed by atoms with Crippen molar-refractivity contribution in [2.75, 3.05) is 0 Å². The van der Waals surface area contributed by atoms with Crippen LogP contribution in [0.2, 0.25) is 5.15 Å². The highest BCUT2D eigenvalue weighted by molar-refractivity contribution is 6.29. The Morgan fingerprint density at radius 1 is 1.47 bits per heavy atom. The SMILES string of the molecule is O=c1cc(Cl)ncn1Cc1cccnc1. The lowest BCUT2D eigenvalue weighted by Crippen LogP contribution is -2.19. The molecule has 0 radical (unpaired) electrons. The van der Waals surface area contributed by atoms with E-state index < -0.39 is 0 Å². The van der Waals surface area contributed by atoms with E-state index in [0.717, 1.165) is 5.56 Å². The summed E-state index contributed by atoms with van der Waals surface area (Å²) in [5.74, 6) is 0. The van der Waals surface area contributed by atoms with Crippen molar-refractivity contribution in [3.63, 3.8) is 0 Å². The Hall–Kier alpha value is -1.68. The molecule has 4 nitrogen and oxygen atoms in total. The third-order valence-corrected chi connectivity index (χ3v) is 2.13. The van der Waals surface area contributed by atoms with E-state index in [-0.39, 0.29) is 10.7 Å². The lowest BCUT2D eigenvalue weighted by atomic mass is 10.3. The van der Waals surface area contributed by atoms with Crippen molar-refractivity contribution in [1.29, 1.82) is 0 Å². The summed E-state index contributed by atoms with van der Waals surface area (Å²) in [7, 11) is 0. The van der Waals surface area contributed by atoms with Gasteiger partial charge in [-0.05, 0) is 11.6 Å².